The molecular weight excluding hydrogens is 378 g/mol. The molecule has 3 aromatic rings. The van der Waals surface area contributed by atoms with E-state index < -0.39 is 5.97 Å². The Morgan fingerprint density at radius 1 is 1.32 bits per heavy atom. The number of esters is 1. The maximum absolute atomic E-state index is 12.2. The largest absolute Gasteiger partial charge is 0.468 e. The van der Waals surface area contributed by atoms with E-state index >= 15 is 0 Å². The van der Waals surface area contributed by atoms with E-state index in [9.17, 15) is 9.59 Å². The Morgan fingerprint density at radius 3 is 2.82 bits per heavy atom. The number of anilines is 1. The number of nitrogens with one attached hydrogen (secondary N) is 1. The zero-order valence-corrected chi connectivity index (χ0v) is 16.5. The van der Waals surface area contributed by atoms with Crippen LogP contribution in [0, 0.1) is 5.92 Å². The summed E-state index contributed by atoms with van der Waals surface area (Å²) in [7, 11) is 3.33. The third-order valence-electron chi connectivity index (χ3n) is 4.62. The Balaban J connectivity index is 1.59. The van der Waals surface area contributed by atoms with E-state index in [0.717, 1.165) is 29.7 Å². The maximum Gasteiger partial charge on any atom is 0.350 e. The molecule has 1 aliphatic carbocycles. The van der Waals surface area contributed by atoms with Crippen molar-refractivity contribution in [3.05, 3.63) is 46.9 Å². The summed E-state index contributed by atoms with van der Waals surface area (Å²) in [5.41, 5.74) is 1.38. The number of amides is 1. The number of nitrogens with zero attached hydrogens (tertiary/aromatic N) is 2. The summed E-state index contributed by atoms with van der Waals surface area (Å²) in [5, 5.41) is 3.67. The van der Waals surface area contributed by atoms with Gasteiger partial charge in [0.2, 0.25) is 5.91 Å². The molecule has 7 nitrogen and oxygen atoms in total. The van der Waals surface area contributed by atoms with Crippen molar-refractivity contribution in [3.8, 4) is 0 Å². The lowest BCUT2D eigenvalue weighted by molar-refractivity contribution is -0.117. The number of hydrogen-bond donors (Lipinski definition) is 1. The van der Waals surface area contributed by atoms with Gasteiger partial charge in [0.05, 0.1) is 31.3 Å². The number of ether oxygens (including phenoxy) is 1. The lowest BCUT2D eigenvalue weighted by atomic mass is 10.2. The van der Waals surface area contributed by atoms with E-state index in [1.54, 1.807) is 6.26 Å². The van der Waals surface area contributed by atoms with Crippen molar-refractivity contribution in [2.75, 3.05) is 19.5 Å². The number of methoxy groups -OCH3 is 1. The van der Waals surface area contributed by atoms with Crippen LogP contribution in [0.4, 0.5) is 5.69 Å². The van der Waals surface area contributed by atoms with Crippen LogP contribution in [0.25, 0.3) is 10.2 Å². The highest BCUT2D eigenvalue weighted by Crippen LogP contribution is 2.38. The molecule has 1 amide bonds. The van der Waals surface area contributed by atoms with Crippen LogP contribution in [0.15, 0.2) is 34.9 Å². The predicted octanol–water partition coefficient (Wildman–Crippen LogP) is 3.66. The molecular formula is C20H21N3O4S. The van der Waals surface area contributed by atoms with E-state index in [-0.39, 0.29) is 11.8 Å². The number of fused-ring (bicyclic) bond motifs is 1. The van der Waals surface area contributed by atoms with Crippen LogP contribution in [0.2, 0.25) is 0 Å². The van der Waals surface area contributed by atoms with Crippen molar-refractivity contribution in [1.82, 2.24) is 9.88 Å². The fraction of sp³-hybridized carbons (Fsp3) is 0.350. The van der Waals surface area contributed by atoms with Crippen LogP contribution in [-0.2, 0) is 22.6 Å². The molecule has 0 spiro atoms. The van der Waals surface area contributed by atoms with Crippen molar-refractivity contribution < 1.29 is 18.7 Å². The number of hydrogen-bond acceptors (Lipinski definition) is 7. The number of carbonyl (C=O) groups excluding carboxylic acids is 2. The van der Waals surface area contributed by atoms with Crippen LogP contribution in [0.3, 0.4) is 0 Å². The Labute approximate surface area is 166 Å². The molecule has 28 heavy (non-hydrogen) atoms. The molecule has 3 aromatic heterocycles. The molecule has 0 aliphatic heterocycles. The molecule has 1 N–H and O–H groups in total. The molecule has 146 valence electrons. The van der Waals surface area contributed by atoms with Crippen LogP contribution < -0.4 is 5.32 Å². The molecule has 1 aliphatic rings. The summed E-state index contributed by atoms with van der Waals surface area (Å²) in [4.78, 5) is 32.3. The third-order valence-corrected chi connectivity index (χ3v) is 5.70. The van der Waals surface area contributed by atoms with Crippen molar-refractivity contribution in [2.24, 2.45) is 5.92 Å². The summed E-state index contributed by atoms with van der Waals surface area (Å²) < 4.78 is 10.3. The van der Waals surface area contributed by atoms with E-state index in [0.29, 0.717) is 28.5 Å². The average molecular weight is 399 g/mol. The summed E-state index contributed by atoms with van der Waals surface area (Å²) >= 11 is 1.24. The molecule has 0 unspecified atom stereocenters. The zero-order chi connectivity index (χ0) is 19.7. The summed E-state index contributed by atoms with van der Waals surface area (Å²) in [6.07, 6.45) is 3.45. The minimum absolute atomic E-state index is 0.0444. The first-order valence-electron chi connectivity index (χ1n) is 9.07. The van der Waals surface area contributed by atoms with Gasteiger partial charge in [-0.15, -0.1) is 11.3 Å². The van der Waals surface area contributed by atoms with Gasteiger partial charge in [-0.3, -0.25) is 9.69 Å². The smallest absolute Gasteiger partial charge is 0.350 e. The second-order valence-electron chi connectivity index (χ2n) is 6.97. The molecule has 8 heteroatoms. The maximum atomic E-state index is 12.2. The molecule has 3 heterocycles. The molecule has 4 rings (SSSR count). The van der Waals surface area contributed by atoms with Crippen molar-refractivity contribution in [2.45, 2.75) is 25.9 Å². The lowest BCUT2D eigenvalue weighted by Crippen LogP contribution is -2.17. The first-order chi connectivity index (χ1) is 13.5. The Hall–Kier alpha value is -2.71. The monoisotopic (exact) mass is 399 g/mol. The topological polar surface area (TPSA) is 84.7 Å². The molecule has 0 saturated heterocycles. The molecule has 1 fully saturated rings. The van der Waals surface area contributed by atoms with Gasteiger partial charge in [0.25, 0.3) is 0 Å². The fourth-order valence-corrected chi connectivity index (χ4v) is 4.10. The number of furan rings is 1. The van der Waals surface area contributed by atoms with Gasteiger partial charge in [0, 0.05) is 17.8 Å². The van der Waals surface area contributed by atoms with Gasteiger partial charge in [-0.1, -0.05) is 0 Å². The number of rotatable bonds is 7. The highest BCUT2D eigenvalue weighted by Gasteiger charge is 2.31. The van der Waals surface area contributed by atoms with Gasteiger partial charge < -0.3 is 14.5 Å². The molecule has 1 saturated carbocycles. The molecule has 0 atom stereocenters. The summed E-state index contributed by atoms with van der Waals surface area (Å²) in [5.74, 6) is 0.415. The lowest BCUT2D eigenvalue weighted by Gasteiger charge is -2.14. The van der Waals surface area contributed by atoms with Crippen LogP contribution >= 0.6 is 11.3 Å². The highest BCUT2D eigenvalue weighted by atomic mass is 32.1. The van der Waals surface area contributed by atoms with Crippen molar-refractivity contribution in [3.63, 3.8) is 0 Å². The first-order valence-corrected chi connectivity index (χ1v) is 9.89. The minimum atomic E-state index is -0.467. The number of carbonyl (C=O) groups is 2. The second-order valence-corrected chi connectivity index (χ2v) is 7.97. The van der Waals surface area contributed by atoms with E-state index in [1.165, 1.54) is 18.4 Å². The van der Waals surface area contributed by atoms with Crippen molar-refractivity contribution >= 4 is 39.1 Å². The molecule has 0 radical (unpaired) electrons. The normalized spacial score (nSPS) is 13.8. The number of thiophene rings is 1. The van der Waals surface area contributed by atoms with Gasteiger partial charge in [-0.25, -0.2) is 9.78 Å². The average Bonchev–Trinajstić information content (AvgIpc) is 3.31. The Bertz CT molecular complexity index is 1010. The highest BCUT2D eigenvalue weighted by molar-refractivity contribution is 7.21. The van der Waals surface area contributed by atoms with E-state index in [1.807, 2.05) is 31.3 Å². The second kappa shape index (κ2) is 7.73. The SMILES string of the molecule is COC(=O)c1sc2nc(CN(C)Cc3ccco3)ccc2c1NC(=O)C1CC1. The quantitative estimate of drug-likeness (QED) is 0.611. The number of pyridine rings is 1. The summed E-state index contributed by atoms with van der Waals surface area (Å²) in [6, 6.07) is 7.63. The first kappa shape index (κ1) is 18.6. The van der Waals surface area contributed by atoms with Gasteiger partial charge in [0.15, 0.2) is 0 Å². The standard InChI is InChI=1S/C20H21N3O4S/c1-23(11-14-4-3-9-27-14)10-13-7-8-15-16(22-18(24)12-5-6-12)17(20(25)26-2)28-19(15)21-13/h3-4,7-9,12H,5-6,10-11H2,1-2H3,(H,22,24). The summed E-state index contributed by atoms with van der Waals surface area (Å²) in [6.45, 7) is 1.30. The number of aromatic nitrogens is 1. The Kier molecular flexibility index (Phi) is 5.15. The minimum Gasteiger partial charge on any atom is -0.468 e. The van der Waals surface area contributed by atoms with Gasteiger partial charge in [-0.2, -0.15) is 0 Å². The zero-order valence-electron chi connectivity index (χ0n) is 15.7. The van der Waals surface area contributed by atoms with Gasteiger partial charge in [0.1, 0.15) is 15.5 Å². The van der Waals surface area contributed by atoms with Gasteiger partial charge in [-0.05, 0) is 44.2 Å². The van der Waals surface area contributed by atoms with E-state index in [4.69, 9.17) is 14.1 Å². The predicted molar refractivity (Wildman–Crippen MR) is 106 cm³/mol. The van der Waals surface area contributed by atoms with E-state index in [2.05, 4.69) is 10.2 Å². The molecule has 0 bridgehead atoms. The Morgan fingerprint density at radius 2 is 2.14 bits per heavy atom. The van der Waals surface area contributed by atoms with Gasteiger partial charge >= 0.3 is 5.97 Å². The van der Waals surface area contributed by atoms with Crippen LogP contribution in [0.5, 0.6) is 0 Å². The fourth-order valence-electron chi connectivity index (χ4n) is 3.04. The van der Waals surface area contributed by atoms with Crippen LogP contribution in [-0.4, -0.2) is 35.9 Å². The third kappa shape index (κ3) is 3.93. The molecule has 0 aromatic carbocycles. The van der Waals surface area contributed by atoms with Crippen LogP contribution in [0.1, 0.15) is 34.0 Å². The van der Waals surface area contributed by atoms with Crippen molar-refractivity contribution in [1.29, 1.82) is 0 Å².